The molecule has 5 rings (SSSR count). The van der Waals surface area contributed by atoms with Gasteiger partial charge in [0.25, 0.3) is 0 Å². The first kappa shape index (κ1) is 25.4. The Morgan fingerprint density at radius 2 is 1.24 bits per heavy atom. The van der Waals surface area contributed by atoms with Crippen LogP contribution in [0.3, 0.4) is 0 Å². The number of nitrogens with zero attached hydrogens (tertiary/aromatic N) is 2. The van der Waals surface area contributed by atoms with Crippen LogP contribution in [0.5, 0.6) is 0 Å². The van der Waals surface area contributed by atoms with E-state index in [1.807, 2.05) is 91.9 Å². The molecule has 0 atom stereocenters. The normalized spacial score (nSPS) is 11.7. The van der Waals surface area contributed by atoms with Crippen LogP contribution >= 0.6 is 0 Å². The van der Waals surface area contributed by atoms with Gasteiger partial charge in [-0.05, 0) is 49.2 Å². The first-order valence-electron chi connectivity index (χ1n) is 12.3. The molecule has 38 heavy (non-hydrogen) atoms. The monoisotopic (exact) mass is 524 g/mol. The van der Waals surface area contributed by atoms with Crippen molar-refractivity contribution in [1.82, 2.24) is 8.87 Å². The maximum absolute atomic E-state index is 13.8. The SMILES string of the molecule is Cc1ccc(-n2c(-c3ccc(S(=O)(=O)N(Cc4ccccc4)Cc4ccccc4)cc3)c(C)oc2=O)cc1. The molecule has 6 nitrogen and oxygen atoms in total. The third kappa shape index (κ3) is 5.25. The van der Waals surface area contributed by atoms with Crippen LogP contribution in [-0.2, 0) is 23.1 Å². The largest absolute Gasteiger partial charge is 0.424 e. The van der Waals surface area contributed by atoms with Crippen molar-refractivity contribution >= 4 is 10.0 Å². The number of hydrogen-bond donors (Lipinski definition) is 0. The van der Waals surface area contributed by atoms with Gasteiger partial charge in [-0.2, -0.15) is 4.31 Å². The van der Waals surface area contributed by atoms with Crippen molar-refractivity contribution in [3.05, 3.63) is 142 Å². The third-order valence-electron chi connectivity index (χ3n) is 6.44. The Hall–Kier alpha value is -4.20. The molecule has 0 unspecified atom stereocenters. The number of sulfonamides is 1. The number of oxazole rings is 1. The van der Waals surface area contributed by atoms with E-state index in [-0.39, 0.29) is 18.0 Å². The van der Waals surface area contributed by atoms with E-state index in [4.69, 9.17) is 4.42 Å². The quantitative estimate of drug-likeness (QED) is 0.246. The smallest absolute Gasteiger partial charge is 0.412 e. The van der Waals surface area contributed by atoms with Crippen molar-refractivity contribution in [3.8, 4) is 16.9 Å². The van der Waals surface area contributed by atoms with E-state index >= 15 is 0 Å². The van der Waals surface area contributed by atoms with Crippen molar-refractivity contribution in [1.29, 1.82) is 0 Å². The van der Waals surface area contributed by atoms with Gasteiger partial charge in [-0.1, -0.05) is 90.5 Å². The molecule has 0 bridgehead atoms. The summed E-state index contributed by atoms with van der Waals surface area (Å²) in [6.45, 7) is 4.20. The van der Waals surface area contributed by atoms with Crippen molar-refractivity contribution in [2.75, 3.05) is 0 Å². The summed E-state index contributed by atoms with van der Waals surface area (Å²) in [7, 11) is -3.83. The number of aryl methyl sites for hydroxylation is 2. The van der Waals surface area contributed by atoms with Gasteiger partial charge in [0.2, 0.25) is 10.0 Å². The van der Waals surface area contributed by atoms with Crippen LogP contribution in [0, 0.1) is 13.8 Å². The van der Waals surface area contributed by atoms with Crippen LogP contribution in [0.4, 0.5) is 0 Å². The maximum atomic E-state index is 13.8. The molecule has 0 amide bonds. The maximum Gasteiger partial charge on any atom is 0.424 e. The zero-order valence-electron chi connectivity index (χ0n) is 21.2. The summed E-state index contributed by atoms with van der Waals surface area (Å²) in [6.07, 6.45) is 0. The average Bonchev–Trinajstić information content (AvgIpc) is 3.23. The molecule has 7 heteroatoms. The minimum atomic E-state index is -3.83. The Kier molecular flexibility index (Phi) is 7.13. The summed E-state index contributed by atoms with van der Waals surface area (Å²) in [4.78, 5) is 12.9. The highest BCUT2D eigenvalue weighted by Crippen LogP contribution is 2.28. The summed E-state index contributed by atoms with van der Waals surface area (Å²) in [6, 6.07) is 33.3. The zero-order valence-corrected chi connectivity index (χ0v) is 22.1. The second-order valence-electron chi connectivity index (χ2n) is 9.21. The van der Waals surface area contributed by atoms with Gasteiger partial charge < -0.3 is 4.42 Å². The van der Waals surface area contributed by atoms with E-state index in [9.17, 15) is 13.2 Å². The van der Waals surface area contributed by atoms with Crippen molar-refractivity contribution < 1.29 is 12.8 Å². The minimum absolute atomic E-state index is 0.179. The molecule has 0 fully saturated rings. The lowest BCUT2D eigenvalue weighted by Crippen LogP contribution is -2.30. The lowest BCUT2D eigenvalue weighted by molar-refractivity contribution is 0.401. The van der Waals surface area contributed by atoms with E-state index < -0.39 is 15.8 Å². The fourth-order valence-corrected chi connectivity index (χ4v) is 5.88. The molecule has 0 aliphatic carbocycles. The van der Waals surface area contributed by atoms with Crippen LogP contribution < -0.4 is 5.76 Å². The van der Waals surface area contributed by atoms with E-state index in [2.05, 4.69) is 0 Å². The summed E-state index contributed by atoms with van der Waals surface area (Å²) in [5.41, 5.74) is 4.84. The molecule has 0 spiro atoms. The highest BCUT2D eigenvalue weighted by atomic mass is 32.2. The molecule has 0 aliphatic rings. The third-order valence-corrected chi connectivity index (χ3v) is 8.25. The van der Waals surface area contributed by atoms with Gasteiger partial charge in [0, 0.05) is 18.7 Å². The highest BCUT2D eigenvalue weighted by molar-refractivity contribution is 7.89. The summed E-state index contributed by atoms with van der Waals surface area (Å²) < 4.78 is 36.1. The van der Waals surface area contributed by atoms with Crippen LogP contribution in [0.15, 0.2) is 123 Å². The highest BCUT2D eigenvalue weighted by Gasteiger charge is 2.26. The van der Waals surface area contributed by atoms with Crippen LogP contribution in [0.25, 0.3) is 16.9 Å². The van der Waals surface area contributed by atoms with Gasteiger partial charge in [-0.25, -0.2) is 17.8 Å². The van der Waals surface area contributed by atoms with Gasteiger partial charge in [0.05, 0.1) is 16.3 Å². The summed E-state index contributed by atoms with van der Waals surface area (Å²) in [5, 5.41) is 0. The Labute approximate surface area is 222 Å². The Balaban J connectivity index is 1.51. The molecular formula is C31H28N2O4S. The zero-order chi connectivity index (χ0) is 26.7. The predicted octanol–water partition coefficient (Wildman–Crippen LogP) is 6.11. The van der Waals surface area contributed by atoms with Gasteiger partial charge in [0.1, 0.15) is 5.76 Å². The Morgan fingerprint density at radius 3 is 1.76 bits per heavy atom. The molecule has 0 saturated heterocycles. The summed E-state index contributed by atoms with van der Waals surface area (Å²) >= 11 is 0. The van der Waals surface area contributed by atoms with E-state index in [0.29, 0.717) is 22.7 Å². The molecule has 0 N–H and O–H groups in total. The van der Waals surface area contributed by atoms with E-state index in [1.165, 1.54) is 8.87 Å². The van der Waals surface area contributed by atoms with Crippen LogP contribution in [-0.4, -0.2) is 17.3 Å². The number of hydrogen-bond acceptors (Lipinski definition) is 4. The average molecular weight is 525 g/mol. The molecule has 0 aliphatic heterocycles. The van der Waals surface area contributed by atoms with E-state index in [1.54, 1.807) is 31.2 Å². The molecule has 192 valence electrons. The fraction of sp³-hybridized carbons (Fsp3) is 0.129. The Bertz CT molecular complexity index is 1650. The molecule has 1 aromatic heterocycles. The van der Waals surface area contributed by atoms with Gasteiger partial charge in [-0.15, -0.1) is 0 Å². The van der Waals surface area contributed by atoms with Crippen LogP contribution in [0.2, 0.25) is 0 Å². The first-order chi connectivity index (χ1) is 18.3. The fourth-order valence-electron chi connectivity index (χ4n) is 4.47. The first-order valence-corrected chi connectivity index (χ1v) is 13.7. The standard InChI is InChI=1S/C31H28N2O4S/c1-23-13-17-28(18-14-23)33-30(24(2)37-31(33)34)27-15-19-29(20-16-27)38(35,36)32(21-25-9-5-3-6-10-25)22-26-11-7-4-8-12-26/h3-20H,21-22H2,1-2H3. The van der Waals surface area contributed by atoms with Crippen molar-refractivity contribution in [2.45, 2.75) is 31.8 Å². The van der Waals surface area contributed by atoms with Crippen molar-refractivity contribution in [2.24, 2.45) is 0 Å². The topological polar surface area (TPSA) is 72.5 Å². The molecule has 1 heterocycles. The lowest BCUT2D eigenvalue weighted by atomic mass is 10.1. The van der Waals surface area contributed by atoms with Crippen LogP contribution in [0.1, 0.15) is 22.5 Å². The number of rotatable bonds is 8. The number of benzene rings is 4. The molecule has 5 aromatic rings. The van der Waals surface area contributed by atoms with Gasteiger partial charge >= 0.3 is 5.76 Å². The van der Waals surface area contributed by atoms with E-state index in [0.717, 1.165) is 16.7 Å². The molecule has 0 saturated carbocycles. The van der Waals surface area contributed by atoms with Gasteiger partial charge in [0.15, 0.2) is 0 Å². The minimum Gasteiger partial charge on any atom is -0.412 e. The predicted molar refractivity (Wildman–Crippen MR) is 149 cm³/mol. The lowest BCUT2D eigenvalue weighted by Gasteiger charge is -2.23. The second kappa shape index (κ2) is 10.7. The molecular weight excluding hydrogens is 496 g/mol. The van der Waals surface area contributed by atoms with Gasteiger partial charge in [-0.3, -0.25) is 0 Å². The number of aromatic nitrogens is 1. The second-order valence-corrected chi connectivity index (χ2v) is 11.2. The van der Waals surface area contributed by atoms with Crippen molar-refractivity contribution in [3.63, 3.8) is 0 Å². The Morgan fingerprint density at radius 1 is 0.711 bits per heavy atom. The summed E-state index contributed by atoms with van der Waals surface area (Å²) in [5.74, 6) is -0.0316. The molecule has 0 radical (unpaired) electrons. The molecule has 4 aromatic carbocycles.